The maximum atomic E-state index is 12.2. The van der Waals surface area contributed by atoms with Gasteiger partial charge in [-0.3, -0.25) is 9.63 Å². The molecule has 1 amide bonds. The lowest BCUT2D eigenvalue weighted by molar-refractivity contribution is -0.169. The van der Waals surface area contributed by atoms with Crippen molar-refractivity contribution in [2.45, 2.75) is 91.4 Å². The van der Waals surface area contributed by atoms with E-state index in [9.17, 15) is 4.79 Å². The fourth-order valence-electron chi connectivity index (χ4n) is 8.49. The van der Waals surface area contributed by atoms with Gasteiger partial charge in [-0.15, -0.1) is 0 Å². The number of rotatable bonds is 5. The Kier molecular flexibility index (Phi) is 5.92. The molecule has 0 heterocycles. The molecule has 4 aliphatic carbocycles. The predicted octanol–water partition coefficient (Wildman–Crippen LogP) is 6.39. The maximum Gasteiger partial charge on any atom is 0.245 e. The molecule has 0 spiro atoms. The second kappa shape index (κ2) is 8.02. The molecule has 3 saturated carbocycles. The van der Waals surface area contributed by atoms with Crippen LogP contribution in [0, 0.1) is 40.4 Å². The molecule has 0 radical (unpaired) electrons. The van der Waals surface area contributed by atoms with Gasteiger partial charge in [0.25, 0.3) is 0 Å². The third-order valence-corrected chi connectivity index (χ3v) is 10.2. The molecule has 0 saturated heterocycles. The van der Waals surface area contributed by atoms with Gasteiger partial charge in [-0.1, -0.05) is 38.8 Å². The molecular weight excluding hydrogens is 358 g/mol. The summed E-state index contributed by atoms with van der Waals surface area (Å²) in [7, 11) is 3.29. The molecule has 0 aromatic heterocycles. The van der Waals surface area contributed by atoms with E-state index in [0.29, 0.717) is 23.2 Å². The van der Waals surface area contributed by atoms with Crippen LogP contribution in [-0.4, -0.2) is 25.1 Å². The minimum absolute atomic E-state index is 0.109. The van der Waals surface area contributed by atoms with Gasteiger partial charge >= 0.3 is 0 Å². The number of hydrogen-bond acceptors (Lipinski definition) is 2. The number of hydroxylamine groups is 2. The largest absolute Gasteiger partial charge is 0.275 e. The fourth-order valence-corrected chi connectivity index (χ4v) is 8.49. The van der Waals surface area contributed by atoms with Crippen LogP contribution in [0.3, 0.4) is 0 Å². The summed E-state index contributed by atoms with van der Waals surface area (Å²) < 4.78 is 0. The van der Waals surface area contributed by atoms with Gasteiger partial charge in [0.1, 0.15) is 0 Å². The van der Waals surface area contributed by atoms with E-state index >= 15 is 0 Å². The van der Waals surface area contributed by atoms with Crippen molar-refractivity contribution in [2.24, 2.45) is 40.4 Å². The van der Waals surface area contributed by atoms with Crippen molar-refractivity contribution >= 4 is 5.91 Å². The standard InChI is InChI=1S/C26H43NO2/c1-18(9-14-24(28)27(4)29-5)21-12-13-22-20-11-10-19-8-6-7-16-25(19,2)23(20)15-17-26(21,22)3/h10,18,20-23H,6-9,11-17H2,1-5H3. The van der Waals surface area contributed by atoms with E-state index in [0.717, 1.165) is 30.1 Å². The van der Waals surface area contributed by atoms with Gasteiger partial charge < -0.3 is 0 Å². The van der Waals surface area contributed by atoms with Gasteiger partial charge in [0.05, 0.1) is 7.11 Å². The molecule has 4 rings (SSSR count). The molecule has 0 N–H and O–H groups in total. The molecule has 0 bridgehead atoms. The molecule has 3 heteroatoms. The van der Waals surface area contributed by atoms with Crippen molar-refractivity contribution in [3.8, 4) is 0 Å². The van der Waals surface area contributed by atoms with Gasteiger partial charge in [0.2, 0.25) is 5.91 Å². The molecule has 29 heavy (non-hydrogen) atoms. The average Bonchev–Trinajstić information content (AvgIpc) is 3.08. The summed E-state index contributed by atoms with van der Waals surface area (Å²) in [5, 5.41) is 1.38. The Morgan fingerprint density at radius 2 is 2.00 bits per heavy atom. The summed E-state index contributed by atoms with van der Waals surface area (Å²) in [6, 6.07) is 0. The van der Waals surface area contributed by atoms with E-state index in [1.54, 1.807) is 14.2 Å². The molecule has 0 aromatic carbocycles. The summed E-state index contributed by atoms with van der Waals surface area (Å²) in [6.45, 7) is 7.64. The molecule has 0 aliphatic heterocycles. The van der Waals surface area contributed by atoms with E-state index in [1.165, 1.54) is 62.9 Å². The summed E-state index contributed by atoms with van der Waals surface area (Å²) in [5.41, 5.74) is 2.80. The Balaban J connectivity index is 1.46. The van der Waals surface area contributed by atoms with Gasteiger partial charge in [-0.05, 0) is 98.2 Å². The molecule has 3 fully saturated rings. The summed E-state index contributed by atoms with van der Waals surface area (Å²) in [5.74, 6) is 4.22. The smallest absolute Gasteiger partial charge is 0.245 e. The van der Waals surface area contributed by atoms with Crippen LogP contribution in [0.25, 0.3) is 0 Å². The van der Waals surface area contributed by atoms with Gasteiger partial charge in [0.15, 0.2) is 0 Å². The third-order valence-electron chi connectivity index (χ3n) is 10.2. The zero-order valence-corrected chi connectivity index (χ0v) is 19.5. The zero-order chi connectivity index (χ0) is 20.8. The topological polar surface area (TPSA) is 29.5 Å². The highest BCUT2D eigenvalue weighted by Crippen LogP contribution is 2.67. The Bertz CT molecular complexity index is 657. The van der Waals surface area contributed by atoms with Crippen LogP contribution in [0.4, 0.5) is 0 Å². The van der Waals surface area contributed by atoms with Crippen LogP contribution < -0.4 is 0 Å². The molecule has 3 nitrogen and oxygen atoms in total. The Labute approximate surface area is 178 Å². The number of amides is 1. The van der Waals surface area contributed by atoms with Gasteiger partial charge in [-0.2, -0.15) is 0 Å². The minimum atomic E-state index is 0.109. The number of fused-ring (bicyclic) bond motifs is 5. The van der Waals surface area contributed by atoms with Crippen LogP contribution in [0.5, 0.6) is 0 Å². The van der Waals surface area contributed by atoms with Crippen molar-refractivity contribution in [1.82, 2.24) is 5.06 Å². The lowest BCUT2D eigenvalue weighted by Gasteiger charge is -2.58. The maximum absolute atomic E-state index is 12.2. The summed E-state index contributed by atoms with van der Waals surface area (Å²) >= 11 is 0. The van der Waals surface area contributed by atoms with E-state index in [4.69, 9.17) is 4.84 Å². The van der Waals surface area contributed by atoms with Crippen LogP contribution in [0.15, 0.2) is 11.6 Å². The second-order valence-electron chi connectivity index (χ2n) is 11.3. The Morgan fingerprint density at radius 3 is 2.76 bits per heavy atom. The fraction of sp³-hybridized carbons (Fsp3) is 0.885. The molecule has 4 aliphatic rings. The first kappa shape index (κ1) is 21.4. The lowest BCUT2D eigenvalue weighted by Crippen LogP contribution is -2.50. The SMILES string of the molecule is CON(C)C(=O)CCC(C)C1CCC2C3CC=C4CCCCC4(C)C3CCC12C. The third kappa shape index (κ3) is 3.50. The van der Waals surface area contributed by atoms with Crippen molar-refractivity contribution in [2.75, 3.05) is 14.2 Å². The molecule has 0 aromatic rings. The summed E-state index contributed by atoms with van der Waals surface area (Å²) in [4.78, 5) is 17.3. The van der Waals surface area contributed by atoms with Gasteiger partial charge in [0, 0.05) is 13.5 Å². The van der Waals surface area contributed by atoms with Crippen LogP contribution in [-0.2, 0) is 9.63 Å². The van der Waals surface area contributed by atoms with Crippen molar-refractivity contribution in [3.05, 3.63) is 11.6 Å². The van der Waals surface area contributed by atoms with Crippen LogP contribution in [0.1, 0.15) is 91.4 Å². The van der Waals surface area contributed by atoms with Crippen molar-refractivity contribution in [1.29, 1.82) is 0 Å². The highest BCUT2D eigenvalue weighted by Gasteiger charge is 2.58. The quantitative estimate of drug-likeness (QED) is 0.394. The zero-order valence-electron chi connectivity index (χ0n) is 19.5. The van der Waals surface area contributed by atoms with E-state index in [2.05, 4.69) is 26.8 Å². The molecular formula is C26H43NO2. The van der Waals surface area contributed by atoms with Crippen molar-refractivity contribution in [3.63, 3.8) is 0 Å². The van der Waals surface area contributed by atoms with E-state index in [-0.39, 0.29) is 5.91 Å². The monoisotopic (exact) mass is 401 g/mol. The van der Waals surface area contributed by atoms with Gasteiger partial charge in [-0.25, -0.2) is 5.06 Å². The molecule has 164 valence electrons. The number of carbonyl (C=O) groups excluding carboxylic acids is 1. The van der Waals surface area contributed by atoms with E-state index < -0.39 is 0 Å². The Morgan fingerprint density at radius 1 is 1.21 bits per heavy atom. The van der Waals surface area contributed by atoms with Crippen LogP contribution >= 0.6 is 0 Å². The first-order chi connectivity index (χ1) is 13.8. The first-order valence-corrected chi connectivity index (χ1v) is 12.3. The molecule has 7 unspecified atom stereocenters. The summed E-state index contributed by atoms with van der Waals surface area (Å²) in [6.07, 6.45) is 16.9. The number of carbonyl (C=O) groups is 1. The minimum Gasteiger partial charge on any atom is -0.275 e. The average molecular weight is 402 g/mol. The Hall–Kier alpha value is -0.830. The molecule has 7 atom stereocenters. The second-order valence-corrected chi connectivity index (χ2v) is 11.3. The number of hydrogen-bond donors (Lipinski definition) is 0. The highest BCUT2D eigenvalue weighted by atomic mass is 16.7. The van der Waals surface area contributed by atoms with E-state index in [1.807, 2.05) is 5.57 Å². The number of nitrogens with zero attached hydrogens (tertiary/aromatic N) is 1. The number of allylic oxidation sites excluding steroid dienone is 2. The van der Waals surface area contributed by atoms with Crippen molar-refractivity contribution < 1.29 is 9.63 Å². The normalized spacial score (nSPS) is 42.3. The predicted molar refractivity (Wildman–Crippen MR) is 118 cm³/mol. The highest BCUT2D eigenvalue weighted by molar-refractivity contribution is 5.74. The van der Waals surface area contributed by atoms with Crippen LogP contribution in [0.2, 0.25) is 0 Å². The lowest BCUT2D eigenvalue weighted by atomic mass is 9.47. The first-order valence-electron chi connectivity index (χ1n) is 12.3.